The number of fused-ring (bicyclic) bond motifs is 2. The van der Waals surface area contributed by atoms with E-state index in [4.69, 9.17) is 15.6 Å². The molecule has 1 saturated heterocycles. The van der Waals surface area contributed by atoms with Crippen molar-refractivity contribution in [3.05, 3.63) is 108 Å². The number of carbonyl (C=O) groups excluding carboxylic acids is 1. The normalized spacial score (nSPS) is 15.0. The second-order valence-corrected chi connectivity index (χ2v) is 10.6. The number of para-hydroxylation sites is 3. The Labute approximate surface area is 250 Å². The first-order valence-corrected chi connectivity index (χ1v) is 14.3. The number of nitrogens with one attached hydrogen (secondary N) is 5. The molecule has 0 saturated carbocycles. The van der Waals surface area contributed by atoms with Crippen molar-refractivity contribution in [3.8, 4) is 5.75 Å². The van der Waals surface area contributed by atoms with Crippen LogP contribution in [0.15, 0.2) is 91.1 Å². The number of hydrogen-bond acceptors (Lipinski definition) is 7. The van der Waals surface area contributed by atoms with Crippen LogP contribution in [0.2, 0.25) is 0 Å². The molecule has 0 bridgehead atoms. The number of methoxy groups -OCH3 is 1. The van der Waals surface area contributed by atoms with Crippen LogP contribution in [0.5, 0.6) is 5.75 Å². The van der Waals surface area contributed by atoms with E-state index in [1.807, 2.05) is 84.9 Å². The lowest BCUT2D eigenvalue weighted by Crippen LogP contribution is -2.45. The fourth-order valence-corrected chi connectivity index (χ4v) is 5.56. The Morgan fingerprint density at radius 2 is 1.74 bits per heavy atom. The van der Waals surface area contributed by atoms with Crippen LogP contribution >= 0.6 is 0 Å². The zero-order chi connectivity index (χ0) is 29.8. The van der Waals surface area contributed by atoms with E-state index < -0.39 is 0 Å². The van der Waals surface area contributed by atoms with Crippen molar-refractivity contribution in [2.24, 2.45) is 0 Å². The summed E-state index contributed by atoms with van der Waals surface area (Å²) in [5.41, 5.74) is 4.66. The summed E-state index contributed by atoms with van der Waals surface area (Å²) in [4.78, 5) is 21.1. The van der Waals surface area contributed by atoms with Gasteiger partial charge in [0.1, 0.15) is 17.4 Å². The molecule has 1 fully saturated rings. The standard InChI is InChI=1S/C33H34N8O2/c1-43-29-11-5-4-9-27(29)39-33(42)37-24-16-19-40(20-17-24)21-22-12-14-23(15-13-22)30(34)41-28-10-6-18-36-32(28)38-26-8-3-2-7-25(26)31(41)35/h2-15,18,24,34-35H,16-17,19-21H2,1H3,(H,36,38)(H2,37,39,42). The number of carbonyl (C=O) groups is 1. The predicted octanol–water partition coefficient (Wildman–Crippen LogP) is 5.79. The number of amides is 2. The number of aromatic nitrogens is 1. The van der Waals surface area contributed by atoms with Crippen molar-refractivity contribution in [3.63, 3.8) is 0 Å². The van der Waals surface area contributed by atoms with E-state index in [1.165, 1.54) is 0 Å². The first kappa shape index (κ1) is 27.9. The van der Waals surface area contributed by atoms with Crippen molar-refractivity contribution in [1.82, 2.24) is 15.2 Å². The quantitative estimate of drug-likeness (QED) is 0.146. The van der Waals surface area contributed by atoms with Gasteiger partial charge in [-0.1, -0.05) is 48.5 Å². The van der Waals surface area contributed by atoms with E-state index in [-0.39, 0.29) is 23.7 Å². The maximum Gasteiger partial charge on any atom is 0.319 e. The van der Waals surface area contributed by atoms with Crippen molar-refractivity contribution in [2.45, 2.75) is 25.4 Å². The summed E-state index contributed by atoms with van der Waals surface area (Å²) in [6.45, 7) is 2.54. The minimum atomic E-state index is -0.226. The molecule has 10 heteroatoms. The summed E-state index contributed by atoms with van der Waals surface area (Å²) in [6, 6.07) is 26.5. The Bertz CT molecular complexity index is 1650. The van der Waals surface area contributed by atoms with Gasteiger partial charge in [0, 0.05) is 43.0 Å². The third kappa shape index (κ3) is 6.05. The van der Waals surface area contributed by atoms with Gasteiger partial charge in [0.25, 0.3) is 0 Å². The van der Waals surface area contributed by atoms with Gasteiger partial charge < -0.3 is 20.7 Å². The van der Waals surface area contributed by atoms with Crippen molar-refractivity contribution < 1.29 is 9.53 Å². The van der Waals surface area contributed by atoms with E-state index in [0.717, 1.165) is 43.7 Å². The van der Waals surface area contributed by atoms with E-state index in [0.29, 0.717) is 34.1 Å². The molecular formula is C33H34N8O2. The molecule has 1 aromatic heterocycles. The number of hydrogen-bond donors (Lipinski definition) is 5. The molecule has 3 aromatic carbocycles. The lowest BCUT2D eigenvalue weighted by molar-refractivity contribution is 0.190. The SMILES string of the molecule is COc1ccccc1NC(=O)NC1CCN(Cc2ccc(C(=N)N3C(=N)c4ccccc4Nc4ncccc43)cc2)CC1. The number of pyridine rings is 1. The molecule has 0 spiro atoms. The van der Waals surface area contributed by atoms with Gasteiger partial charge in [-0.05, 0) is 54.8 Å². The molecule has 0 atom stereocenters. The number of likely N-dealkylation sites (tertiary alicyclic amines) is 1. The van der Waals surface area contributed by atoms with Gasteiger partial charge in [0.15, 0.2) is 5.82 Å². The summed E-state index contributed by atoms with van der Waals surface area (Å²) in [7, 11) is 1.58. The first-order valence-electron chi connectivity index (χ1n) is 14.3. The lowest BCUT2D eigenvalue weighted by Gasteiger charge is -2.32. The molecule has 5 N–H and O–H groups in total. The topological polar surface area (TPSA) is 129 Å². The fourth-order valence-electron chi connectivity index (χ4n) is 5.56. The first-order chi connectivity index (χ1) is 21.0. The molecule has 0 radical (unpaired) electrons. The summed E-state index contributed by atoms with van der Waals surface area (Å²) in [6.07, 6.45) is 3.43. The minimum Gasteiger partial charge on any atom is -0.495 e. The van der Waals surface area contributed by atoms with Crippen LogP contribution in [-0.2, 0) is 6.54 Å². The van der Waals surface area contributed by atoms with Crippen molar-refractivity contribution >= 4 is 40.6 Å². The average Bonchev–Trinajstić information content (AvgIpc) is 3.16. The molecule has 2 amide bonds. The lowest BCUT2D eigenvalue weighted by atomic mass is 10.0. The van der Waals surface area contributed by atoms with Crippen LogP contribution in [0.1, 0.15) is 29.5 Å². The van der Waals surface area contributed by atoms with E-state index in [1.54, 1.807) is 18.2 Å². The average molecular weight is 575 g/mol. The van der Waals surface area contributed by atoms with Crippen LogP contribution < -0.4 is 25.6 Å². The van der Waals surface area contributed by atoms with Crippen molar-refractivity contribution in [1.29, 1.82) is 10.8 Å². The summed E-state index contributed by atoms with van der Waals surface area (Å²) >= 11 is 0. The van der Waals surface area contributed by atoms with E-state index in [9.17, 15) is 4.79 Å². The van der Waals surface area contributed by atoms with Gasteiger partial charge >= 0.3 is 6.03 Å². The zero-order valence-electron chi connectivity index (χ0n) is 23.9. The smallest absolute Gasteiger partial charge is 0.319 e. The number of rotatable bonds is 6. The summed E-state index contributed by atoms with van der Waals surface area (Å²) < 4.78 is 5.32. The Kier molecular flexibility index (Phi) is 8.01. The Balaban J connectivity index is 1.06. The predicted molar refractivity (Wildman–Crippen MR) is 170 cm³/mol. The van der Waals surface area contributed by atoms with Crippen LogP contribution in [0.4, 0.5) is 27.7 Å². The Morgan fingerprint density at radius 3 is 2.53 bits per heavy atom. The molecule has 6 rings (SSSR count). The van der Waals surface area contributed by atoms with Crippen LogP contribution in [0, 0.1) is 10.8 Å². The minimum absolute atomic E-state index is 0.106. The third-order valence-corrected chi connectivity index (χ3v) is 7.82. The highest BCUT2D eigenvalue weighted by atomic mass is 16.5. The number of benzene rings is 3. The number of nitrogens with zero attached hydrogens (tertiary/aromatic N) is 3. The monoisotopic (exact) mass is 574 g/mol. The second-order valence-electron chi connectivity index (χ2n) is 10.6. The van der Waals surface area contributed by atoms with Crippen molar-refractivity contribution in [2.75, 3.05) is 35.7 Å². The largest absolute Gasteiger partial charge is 0.495 e. The van der Waals surface area contributed by atoms with Gasteiger partial charge in [0.2, 0.25) is 0 Å². The third-order valence-electron chi connectivity index (χ3n) is 7.82. The number of anilines is 4. The summed E-state index contributed by atoms with van der Waals surface area (Å²) in [5.74, 6) is 1.66. The van der Waals surface area contributed by atoms with E-state index in [2.05, 4.69) is 25.8 Å². The maximum absolute atomic E-state index is 12.6. The molecule has 4 aromatic rings. The zero-order valence-corrected chi connectivity index (χ0v) is 23.9. The maximum atomic E-state index is 12.6. The summed E-state index contributed by atoms with van der Waals surface area (Å²) in [5, 5.41) is 27.4. The molecule has 0 aliphatic carbocycles. The van der Waals surface area contributed by atoms with Gasteiger partial charge in [-0.15, -0.1) is 0 Å². The molecule has 3 heterocycles. The molecule has 2 aliphatic rings. The number of amidine groups is 2. The molecular weight excluding hydrogens is 540 g/mol. The highest BCUT2D eigenvalue weighted by Gasteiger charge is 2.28. The van der Waals surface area contributed by atoms with Gasteiger partial charge in [-0.25, -0.2) is 9.78 Å². The Morgan fingerprint density at radius 1 is 1.00 bits per heavy atom. The molecule has 10 nitrogen and oxygen atoms in total. The highest BCUT2D eigenvalue weighted by Crippen LogP contribution is 2.35. The number of piperidine rings is 1. The van der Waals surface area contributed by atoms with Crippen LogP contribution in [0.25, 0.3) is 0 Å². The van der Waals surface area contributed by atoms with Crippen LogP contribution in [0.3, 0.4) is 0 Å². The Hall–Kier alpha value is -5.22. The molecule has 2 aliphatic heterocycles. The van der Waals surface area contributed by atoms with E-state index >= 15 is 0 Å². The highest BCUT2D eigenvalue weighted by molar-refractivity contribution is 6.30. The van der Waals surface area contributed by atoms with Gasteiger partial charge in [-0.2, -0.15) is 0 Å². The van der Waals surface area contributed by atoms with Gasteiger partial charge in [-0.3, -0.25) is 20.6 Å². The number of urea groups is 1. The molecule has 218 valence electrons. The fraction of sp³-hybridized carbons (Fsp3) is 0.212. The number of ether oxygens (including phenoxy) is 1. The molecule has 0 unspecified atom stereocenters. The van der Waals surface area contributed by atoms with Gasteiger partial charge in [0.05, 0.1) is 24.2 Å². The second kappa shape index (κ2) is 12.3. The van der Waals surface area contributed by atoms with Crippen LogP contribution in [-0.4, -0.2) is 53.8 Å². The molecule has 43 heavy (non-hydrogen) atoms.